The van der Waals surface area contributed by atoms with Gasteiger partial charge in [-0.1, -0.05) is 33.6 Å². The van der Waals surface area contributed by atoms with E-state index in [9.17, 15) is 0 Å². The Bertz CT molecular complexity index is 52.0. The molecule has 0 unspecified atom stereocenters. The van der Waals surface area contributed by atoms with E-state index in [0.717, 1.165) is 6.54 Å². The molecule has 0 rings (SSSR count). The van der Waals surface area contributed by atoms with Crippen LogP contribution < -0.4 is 4.98 Å². The molecule has 0 aromatic carbocycles. The van der Waals surface area contributed by atoms with Gasteiger partial charge in [0, 0.05) is 6.54 Å². The lowest BCUT2D eigenvalue weighted by atomic mass is 10.6. The Kier molecular flexibility index (Phi) is 7.41. The van der Waals surface area contributed by atoms with E-state index in [0.29, 0.717) is 0 Å². The Morgan fingerprint density at radius 3 is 1.80 bits per heavy atom. The van der Waals surface area contributed by atoms with Crippen LogP contribution in [0.3, 0.4) is 0 Å². The van der Waals surface area contributed by atoms with Crippen LogP contribution in [0.2, 0.25) is 12.1 Å². The van der Waals surface area contributed by atoms with Gasteiger partial charge < -0.3 is 0 Å². The van der Waals surface area contributed by atoms with Crippen LogP contribution in [0.1, 0.15) is 33.6 Å². The Morgan fingerprint density at radius 1 is 1.00 bits per heavy atom. The summed E-state index contributed by atoms with van der Waals surface area (Å²) >= 11 is 0. The van der Waals surface area contributed by atoms with E-state index in [1.54, 1.807) is 0 Å². The fraction of sp³-hybridized carbons (Fsp3) is 1.00. The third-order valence-electron chi connectivity index (χ3n) is 1.68. The van der Waals surface area contributed by atoms with E-state index < -0.39 is 8.96 Å². The zero-order valence-electron chi connectivity index (χ0n) is 7.56. The lowest BCUT2D eigenvalue weighted by Crippen LogP contribution is -2.26. The normalized spacial score (nSPS) is 10.8. The van der Waals surface area contributed by atoms with Crippen molar-refractivity contribution >= 4 is 8.96 Å². The van der Waals surface area contributed by atoms with E-state index >= 15 is 0 Å². The van der Waals surface area contributed by atoms with Gasteiger partial charge in [0.05, 0.1) is 0 Å². The number of hydrogen-bond acceptors (Lipinski definition) is 0. The van der Waals surface area contributed by atoms with E-state index in [2.05, 4.69) is 25.8 Å². The van der Waals surface area contributed by atoms with Gasteiger partial charge in [0.15, 0.2) is 0 Å². The molecule has 0 N–H and O–H groups in total. The van der Waals surface area contributed by atoms with Crippen molar-refractivity contribution in [2.45, 2.75) is 45.7 Å². The van der Waals surface area contributed by atoms with Crippen LogP contribution in [0.4, 0.5) is 0 Å². The molecule has 0 fully saturated rings. The molecule has 0 aromatic rings. The van der Waals surface area contributed by atoms with Gasteiger partial charge in [-0.15, -0.1) is 0 Å². The standard InChI is InChI=1S/C8H20NSi/c1-4-7-10(8-5-2)9-6-3/h10H,4-8H2,1-3H3. The van der Waals surface area contributed by atoms with Crippen LogP contribution in [0, 0.1) is 0 Å². The van der Waals surface area contributed by atoms with E-state index in [-0.39, 0.29) is 0 Å². The van der Waals surface area contributed by atoms with E-state index in [4.69, 9.17) is 0 Å². The second-order valence-electron chi connectivity index (χ2n) is 2.73. The highest BCUT2D eigenvalue weighted by Crippen LogP contribution is 2.03. The van der Waals surface area contributed by atoms with Gasteiger partial charge in [-0.25, -0.2) is 0 Å². The first kappa shape index (κ1) is 10.2. The smallest absolute Gasteiger partial charge is 0.129 e. The zero-order chi connectivity index (χ0) is 7.82. The molecule has 0 amide bonds. The van der Waals surface area contributed by atoms with Crippen LogP contribution >= 0.6 is 0 Å². The van der Waals surface area contributed by atoms with Crippen molar-refractivity contribution in [2.24, 2.45) is 0 Å². The second kappa shape index (κ2) is 7.29. The average Bonchev–Trinajstić information content (AvgIpc) is 1.90. The van der Waals surface area contributed by atoms with Crippen molar-refractivity contribution in [3.8, 4) is 0 Å². The number of rotatable bonds is 6. The lowest BCUT2D eigenvalue weighted by molar-refractivity contribution is 0.895. The highest BCUT2D eigenvalue weighted by atomic mass is 28.3. The second-order valence-corrected chi connectivity index (χ2v) is 5.56. The van der Waals surface area contributed by atoms with Crippen LogP contribution in [0.25, 0.3) is 0 Å². The fourth-order valence-electron chi connectivity index (χ4n) is 1.25. The fourth-order valence-corrected chi connectivity index (χ4v) is 3.75. The quantitative estimate of drug-likeness (QED) is 0.526. The monoisotopic (exact) mass is 158 g/mol. The lowest BCUT2D eigenvalue weighted by Gasteiger charge is -2.10. The minimum absolute atomic E-state index is 0.609. The minimum atomic E-state index is -0.609. The summed E-state index contributed by atoms with van der Waals surface area (Å²) in [6, 6.07) is 2.84. The molecule has 0 atom stereocenters. The van der Waals surface area contributed by atoms with Gasteiger partial charge in [-0.3, -0.25) is 4.98 Å². The maximum Gasteiger partial charge on any atom is 0.129 e. The number of nitrogens with zero attached hydrogens (tertiary/aromatic N) is 1. The van der Waals surface area contributed by atoms with Crippen LogP contribution in [0.15, 0.2) is 0 Å². The van der Waals surface area contributed by atoms with Gasteiger partial charge in [0.2, 0.25) is 0 Å². The Balaban J connectivity index is 3.30. The van der Waals surface area contributed by atoms with Gasteiger partial charge in [0.25, 0.3) is 0 Å². The molecular weight excluding hydrogens is 138 g/mol. The van der Waals surface area contributed by atoms with E-state index in [1.807, 2.05) is 0 Å². The molecule has 0 aromatic heterocycles. The molecule has 0 aliphatic rings. The first-order valence-electron chi connectivity index (χ1n) is 4.51. The molecule has 10 heavy (non-hydrogen) atoms. The molecule has 0 aliphatic heterocycles. The average molecular weight is 158 g/mol. The van der Waals surface area contributed by atoms with Crippen molar-refractivity contribution in [1.29, 1.82) is 0 Å². The third-order valence-corrected chi connectivity index (χ3v) is 5.05. The van der Waals surface area contributed by atoms with Crippen LogP contribution in [-0.2, 0) is 0 Å². The van der Waals surface area contributed by atoms with Crippen LogP contribution in [0.5, 0.6) is 0 Å². The molecule has 1 nitrogen and oxygen atoms in total. The molecule has 0 saturated heterocycles. The summed E-state index contributed by atoms with van der Waals surface area (Å²) in [5, 5.41) is 0. The Labute approximate surface area is 66.9 Å². The molecule has 61 valence electrons. The Hall–Kier alpha value is 0.177. The molecule has 0 aliphatic carbocycles. The molecular formula is C8H20NSi. The Morgan fingerprint density at radius 2 is 1.50 bits per heavy atom. The van der Waals surface area contributed by atoms with Crippen molar-refractivity contribution < 1.29 is 0 Å². The predicted molar refractivity (Wildman–Crippen MR) is 50.0 cm³/mol. The van der Waals surface area contributed by atoms with Crippen molar-refractivity contribution in [3.05, 3.63) is 0 Å². The first-order chi connectivity index (χ1) is 4.85. The molecule has 0 saturated carbocycles. The van der Waals surface area contributed by atoms with E-state index in [1.165, 1.54) is 24.9 Å². The topological polar surface area (TPSA) is 14.1 Å². The summed E-state index contributed by atoms with van der Waals surface area (Å²) in [6.45, 7) is 7.74. The summed E-state index contributed by atoms with van der Waals surface area (Å²) in [6.07, 6.45) is 2.67. The van der Waals surface area contributed by atoms with Crippen molar-refractivity contribution in [2.75, 3.05) is 6.54 Å². The third kappa shape index (κ3) is 5.00. The summed E-state index contributed by atoms with van der Waals surface area (Å²) < 4.78 is 0. The van der Waals surface area contributed by atoms with Crippen molar-refractivity contribution in [3.63, 3.8) is 0 Å². The molecule has 0 heterocycles. The van der Waals surface area contributed by atoms with Crippen LogP contribution in [-0.4, -0.2) is 15.5 Å². The molecule has 2 heteroatoms. The highest BCUT2D eigenvalue weighted by molar-refractivity contribution is 6.55. The minimum Gasteiger partial charge on any atom is -0.274 e. The van der Waals surface area contributed by atoms with Crippen molar-refractivity contribution in [1.82, 2.24) is 4.98 Å². The predicted octanol–water partition coefficient (Wildman–Crippen LogP) is 2.15. The first-order valence-corrected chi connectivity index (χ1v) is 6.66. The maximum atomic E-state index is 4.64. The SMILES string of the molecule is CCC[SiH](CCC)[N]CC. The summed E-state index contributed by atoms with van der Waals surface area (Å²) in [5.74, 6) is 0. The summed E-state index contributed by atoms with van der Waals surface area (Å²) in [5.41, 5.74) is 0. The summed E-state index contributed by atoms with van der Waals surface area (Å²) in [4.78, 5) is 4.64. The molecule has 1 radical (unpaired) electrons. The summed E-state index contributed by atoms with van der Waals surface area (Å²) in [7, 11) is -0.609. The maximum absolute atomic E-state index is 4.64. The van der Waals surface area contributed by atoms with Gasteiger partial charge in [0.1, 0.15) is 8.96 Å². The number of hydrogen-bond donors (Lipinski definition) is 0. The van der Waals surface area contributed by atoms with Gasteiger partial charge in [-0.05, 0) is 12.1 Å². The zero-order valence-corrected chi connectivity index (χ0v) is 8.71. The van der Waals surface area contributed by atoms with Gasteiger partial charge >= 0.3 is 0 Å². The van der Waals surface area contributed by atoms with Gasteiger partial charge in [-0.2, -0.15) is 0 Å². The highest BCUT2D eigenvalue weighted by Gasteiger charge is 2.06. The largest absolute Gasteiger partial charge is 0.274 e. The molecule has 0 spiro atoms. The molecule has 0 bridgehead atoms.